The van der Waals surface area contributed by atoms with Crippen LogP contribution in [0.1, 0.15) is 56.4 Å². The van der Waals surface area contributed by atoms with E-state index < -0.39 is 57.6 Å². The Morgan fingerprint density at radius 2 is 1.95 bits per heavy atom. The molecule has 0 aromatic carbocycles. The molecule has 0 radical (unpaired) electrons. The van der Waals surface area contributed by atoms with Gasteiger partial charge >= 0.3 is 12.8 Å². The molecule has 10 nitrogen and oxygen atoms in total. The fourth-order valence-corrected chi connectivity index (χ4v) is 6.09. The molecular formula is C24H31ClF5N5O5S. The van der Waals surface area contributed by atoms with Crippen molar-refractivity contribution in [2.45, 2.75) is 82.2 Å². The number of hydrogen-bond donors (Lipinski definition) is 3. The zero-order chi connectivity index (χ0) is 30.8. The van der Waals surface area contributed by atoms with E-state index in [9.17, 15) is 40.3 Å². The highest BCUT2D eigenvalue weighted by molar-refractivity contribution is 7.91. The second-order valence-electron chi connectivity index (χ2n) is 10.1. The molecule has 1 atom stereocenters. The fraction of sp³-hybridized carbons (Fsp3) is 0.625. The smallest absolute Gasteiger partial charge is 0.391 e. The number of pyridine rings is 1. The lowest BCUT2D eigenvalue weighted by molar-refractivity contribution is -0.136. The van der Waals surface area contributed by atoms with Crippen molar-refractivity contribution in [1.29, 1.82) is 0 Å². The van der Waals surface area contributed by atoms with Gasteiger partial charge in [-0.05, 0) is 39.5 Å². The Kier molecular flexibility index (Phi) is 10.1. The van der Waals surface area contributed by atoms with Crippen LogP contribution in [-0.2, 0) is 16.4 Å². The van der Waals surface area contributed by atoms with E-state index in [1.165, 1.54) is 11.6 Å². The van der Waals surface area contributed by atoms with Gasteiger partial charge in [0.1, 0.15) is 21.4 Å². The molecule has 2 aromatic rings. The molecule has 3 N–H and O–H groups in total. The Labute approximate surface area is 238 Å². The normalized spacial score (nSPS) is 20.6. The zero-order valence-corrected chi connectivity index (χ0v) is 24.0. The minimum atomic E-state index is -4.46. The van der Waals surface area contributed by atoms with Gasteiger partial charge in [0.15, 0.2) is 5.69 Å². The Bertz CT molecular complexity index is 1350. The average molecular weight is 632 g/mol. The van der Waals surface area contributed by atoms with Gasteiger partial charge in [-0.3, -0.25) is 9.48 Å². The molecule has 0 unspecified atom stereocenters. The molecule has 1 saturated carbocycles. The van der Waals surface area contributed by atoms with Crippen LogP contribution in [0.25, 0.3) is 11.3 Å². The van der Waals surface area contributed by atoms with Crippen LogP contribution in [-0.4, -0.2) is 76.7 Å². The third-order valence-electron chi connectivity index (χ3n) is 6.73. The van der Waals surface area contributed by atoms with Gasteiger partial charge in [-0.25, -0.2) is 13.4 Å². The predicted octanol–water partition coefficient (Wildman–Crippen LogP) is 4.42. The third-order valence-corrected chi connectivity index (χ3v) is 8.77. The van der Waals surface area contributed by atoms with Crippen molar-refractivity contribution >= 4 is 33.2 Å². The summed E-state index contributed by atoms with van der Waals surface area (Å²) in [5, 5.41) is 19.2. The van der Waals surface area contributed by atoms with E-state index in [4.69, 9.17) is 11.6 Å². The lowest BCUT2D eigenvalue weighted by Crippen LogP contribution is -2.47. The van der Waals surface area contributed by atoms with Gasteiger partial charge in [-0.1, -0.05) is 11.6 Å². The number of ether oxygens (including phenoxy) is 1. The van der Waals surface area contributed by atoms with Crippen molar-refractivity contribution < 1.29 is 45.0 Å². The Balaban J connectivity index is 1.84. The third kappa shape index (κ3) is 8.64. The van der Waals surface area contributed by atoms with Gasteiger partial charge in [0, 0.05) is 37.7 Å². The lowest BCUT2D eigenvalue weighted by atomic mass is 9.84. The van der Waals surface area contributed by atoms with Gasteiger partial charge in [0.05, 0.1) is 33.6 Å². The van der Waals surface area contributed by atoms with Crippen molar-refractivity contribution in [2.75, 3.05) is 18.1 Å². The van der Waals surface area contributed by atoms with Crippen molar-refractivity contribution in [1.82, 2.24) is 20.1 Å². The number of alkyl halides is 5. The SMILES string of the molecule is CCn1nc(C(=O)NCC2(O)CCC(S(C)(=O)=O)CC2)c(Cl)c1-c1cnc(N[C@@H](C)CC(F)(F)F)cc1OC(F)F. The van der Waals surface area contributed by atoms with Crippen LogP contribution >= 0.6 is 11.6 Å². The number of aryl methyl sites for hydroxylation is 1. The largest absolute Gasteiger partial charge is 0.434 e. The molecule has 17 heteroatoms. The minimum Gasteiger partial charge on any atom is -0.434 e. The highest BCUT2D eigenvalue weighted by Crippen LogP contribution is 2.39. The highest BCUT2D eigenvalue weighted by atomic mass is 35.5. The van der Waals surface area contributed by atoms with Crippen LogP contribution in [0.15, 0.2) is 12.3 Å². The van der Waals surface area contributed by atoms with Crippen molar-refractivity contribution in [3.05, 3.63) is 23.0 Å². The number of aromatic nitrogens is 3. The summed E-state index contributed by atoms with van der Waals surface area (Å²) in [6.07, 6.45) is -2.68. The van der Waals surface area contributed by atoms with Gasteiger partial charge in [0.2, 0.25) is 0 Å². The minimum absolute atomic E-state index is 0.00438. The van der Waals surface area contributed by atoms with Crippen LogP contribution in [0.4, 0.5) is 27.8 Å². The van der Waals surface area contributed by atoms with Crippen LogP contribution in [0.3, 0.4) is 0 Å². The van der Waals surface area contributed by atoms with Crippen molar-refractivity contribution in [3.8, 4) is 17.0 Å². The fourth-order valence-electron chi connectivity index (χ4n) is 4.67. The molecular weight excluding hydrogens is 601 g/mol. The topological polar surface area (TPSA) is 135 Å². The number of sulfone groups is 1. The van der Waals surface area contributed by atoms with Gasteiger partial charge in [-0.2, -0.15) is 27.1 Å². The van der Waals surface area contributed by atoms with E-state index >= 15 is 0 Å². The standard InChI is InChI=1S/C24H31ClF5N5O5S/c1-4-35-20(15-11-31-17(9-16(15)40-22(26)27)33-13(2)10-24(28,29)30)18(25)19(34-35)21(36)32-12-23(37)7-5-14(6-8-23)41(3,38)39/h9,11,13-14,22,37H,4-8,10,12H2,1-3H3,(H,31,33)(H,32,36)/t13-,14?,23?/m0/s1. The Morgan fingerprint density at radius 3 is 2.49 bits per heavy atom. The molecule has 0 spiro atoms. The summed E-state index contributed by atoms with van der Waals surface area (Å²) < 4.78 is 94.1. The molecule has 41 heavy (non-hydrogen) atoms. The first kappa shape index (κ1) is 32.8. The maximum absolute atomic E-state index is 13.3. The van der Waals surface area contributed by atoms with Gasteiger partial charge < -0.3 is 20.5 Å². The molecule has 1 aliphatic rings. The number of carbonyl (C=O) groups excluding carboxylic acids is 1. The molecule has 1 fully saturated rings. The first-order valence-electron chi connectivity index (χ1n) is 12.7. The number of rotatable bonds is 11. The Hall–Kier alpha value is -2.72. The number of aliphatic hydroxyl groups is 1. The van der Waals surface area contributed by atoms with E-state index in [2.05, 4.69) is 25.5 Å². The second kappa shape index (κ2) is 12.7. The van der Waals surface area contributed by atoms with Crippen LogP contribution in [0.5, 0.6) is 5.75 Å². The van der Waals surface area contributed by atoms with E-state index in [0.717, 1.165) is 18.5 Å². The van der Waals surface area contributed by atoms with Crippen LogP contribution in [0, 0.1) is 0 Å². The molecule has 2 aromatic heterocycles. The quantitative estimate of drug-likeness (QED) is 0.310. The molecule has 1 amide bonds. The summed E-state index contributed by atoms with van der Waals surface area (Å²) in [5.74, 6) is -1.39. The van der Waals surface area contributed by atoms with E-state index in [0.29, 0.717) is 0 Å². The predicted molar refractivity (Wildman–Crippen MR) is 141 cm³/mol. The number of carbonyl (C=O) groups is 1. The molecule has 0 aliphatic heterocycles. The first-order valence-corrected chi connectivity index (χ1v) is 15.0. The Morgan fingerprint density at radius 1 is 1.32 bits per heavy atom. The van der Waals surface area contributed by atoms with E-state index in [-0.39, 0.29) is 66.6 Å². The number of anilines is 1. The number of amides is 1. The van der Waals surface area contributed by atoms with Crippen LogP contribution < -0.4 is 15.4 Å². The monoisotopic (exact) mass is 631 g/mol. The molecule has 1 aliphatic carbocycles. The van der Waals surface area contributed by atoms with Gasteiger partial charge in [0.25, 0.3) is 5.91 Å². The summed E-state index contributed by atoms with van der Waals surface area (Å²) >= 11 is 6.48. The van der Waals surface area contributed by atoms with Gasteiger partial charge in [-0.15, -0.1) is 0 Å². The molecule has 230 valence electrons. The average Bonchev–Trinajstić information content (AvgIpc) is 3.17. The number of nitrogens with one attached hydrogen (secondary N) is 2. The highest BCUT2D eigenvalue weighted by Gasteiger charge is 2.37. The number of hydrogen-bond acceptors (Lipinski definition) is 8. The molecule has 0 saturated heterocycles. The van der Waals surface area contributed by atoms with Crippen LogP contribution in [0.2, 0.25) is 5.02 Å². The number of halogens is 6. The maximum atomic E-state index is 13.3. The van der Waals surface area contributed by atoms with E-state index in [1.807, 2.05) is 0 Å². The summed E-state index contributed by atoms with van der Waals surface area (Å²) in [6, 6.07) is -0.121. The second-order valence-corrected chi connectivity index (χ2v) is 12.8. The summed E-state index contributed by atoms with van der Waals surface area (Å²) in [7, 11) is -3.25. The summed E-state index contributed by atoms with van der Waals surface area (Å²) in [6.45, 7) is -0.471. The zero-order valence-electron chi connectivity index (χ0n) is 22.4. The molecule has 0 bridgehead atoms. The molecule has 3 rings (SSSR count). The van der Waals surface area contributed by atoms with E-state index in [1.54, 1.807) is 6.92 Å². The van der Waals surface area contributed by atoms with Crippen molar-refractivity contribution in [2.24, 2.45) is 0 Å². The number of nitrogens with zero attached hydrogens (tertiary/aromatic N) is 3. The molecule has 2 heterocycles. The van der Waals surface area contributed by atoms with Crippen molar-refractivity contribution in [3.63, 3.8) is 0 Å². The summed E-state index contributed by atoms with van der Waals surface area (Å²) in [4.78, 5) is 17.0. The first-order chi connectivity index (χ1) is 18.9. The summed E-state index contributed by atoms with van der Waals surface area (Å²) in [5.41, 5.74) is -1.70. The maximum Gasteiger partial charge on any atom is 0.391 e. The lowest BCUT2D eigenvalue weighted by Gasteiger charge is -2.35.